The topological polar surface area (TPSA) is 102 Å². The van der Waals surface area contributed by atoms with Gasteiger partial charge < -0.3 is 15.4 Å². The fourth-order valence-electron chi connectivity index (χ4n) is 4.77. The number of hydrogen-bond donors (Lipinski definition) is 2. The van der Waals surface area contributed by atoms with Gasteiger partial charge in [0.2, 0.25) is 5.91 Å². The van der Waals surface area contributed by atoms with Crippen LogP contribution in [-0.2, 0) is 14.3 Å². The average molecular weight is 602 g/mol. The van der Waals surface area contributed by atoms with E-state index in [-0.39, 0.29) is 29.7 Å². The molecule has 0 bridgehead atoms. The number of para-hydroxylation sites is 1. The molecule has 0 spiro atoms. The van der Waals surface area contributed by atoms with Crippen LogP contribution in [0.25, 0.3) is 16.3 Å². The number of halogens is 1. The summed E-state index contributed by atoms with van der Waals surface area (Å²) in [6, 6.07) is 12.7. The number of ether oxygens (including phenoxy) is 1. The zero-order chi connectivity index (χ0) is 27.2. The average Bonchev–Trinajstić information content (AvgIpc) is 3.58. The SMILES string of the molecule is CCC(C)C(NC(=O)[C@H]1CCC[C@@H](NC(=O)c2cn(-c3ccccc3)nc2-c2ccc(Br)s2)C1)C(=O)OC. The van der Waals surface area contributed by atoms with Crippen LogP contribution < -0.4 is 10.6 Å². The second kappa shape index (κ2) is 12.7. The fourth-order valence-corrected chi connectivity index (χ4v) is 6.15. The Bertz CT molecular complexity index is 1270. The number of rotatable bonds is 9. The molecule has 2 aromatic heterocycles. The molecule has 2 heterocycles. The molecule has 0 saturated heterocycles. The summed E-state index contributed by atoms with van der Waals surface area (Å²) in [5.41, 5.74) is 1.96. The third-order valence-corrected chi connectivity index (χ3v) is 8.76. The maximum Gasteiger partial charge on any atom is 0.328 e. The molecule has 4 atom stereocenters. The molecule has 4 rings (SSSR count). The highest BCUT2D eigenvalue weighted by Gasteiger charge is 2.33. The molecule has 2 N–H and O–H groups in total. The van der Waals surface area contributed by atoms with Gasteiger partial charge in [0, 0.05) is 18.2 Å². The summed E-state index contributed by atoms with van der Waals surface area (Å²) in [5, 5.41) is 10.8. The molecule has 38 heavy (non-hydrogen) atoms. The monoisotopic (exact) mass is 600 g/mol. The van der Waals surface area contributed by atoms with Crippen LogP contribution in [0.1, 0.15) is 56.3 Å². The van der Waals surface area contributed by atoms with Crippen molar-refractivity contribution in [2.75, 3.05) is 7.11 Å². The normalized spacial score (nSPS) is 18.8. The Morgan fingerprint density at radius 2 is 1.95 bits per heavy atom. The summed E-state index contributed by atoms with van der Waals surface area (Å²) in [4.78, 5) is 39.8. The summed E-state index contributed by atoms with van der Waals surface area (Å²) >= 11 is 5.02. The second-order valence-corrected chi connectivity index (χ2v) is 12.2. The Morgan fingerprint density at radius 1 is 1.18 bits per heavy atom. The first-order valence-corrected chi connectivity index (χ1v) is 14.5. The standard InChI is InChI=1S/C28H33BrN4O4S/c1-4-17(2)24(28(36)37-3)31-26(34)18-9-8-10-19(15-18)30-27(35)21-16-33(20-11-6-5-7-12-20)32-25(21)22-13-14-23(29)38-22/h5-7,11-14,16-19,24H,4,8-10,15H2,1-3H3,(H,30,35)(H,31,34)/t17?,18-,19+,24?/m0/s1. The van der Waals surface area contributed by atoms with Crippen LogP contribution in [0.2, 0.25) is 0 Å². The molecule has 1 aliphatic carbocycles. The summed E-state index contributed by atoms with van der Waals surface area (Å²) in [5.74, 6) is -1.14. The molecule has 2 amide bonds. The van der Waals surface area contributed by atoms with E-state index in [0.717, 1.165) is 33.6 Å². The highest BCUT2D eigenvalue weighted by Crippen LogP contribution is 2.33. The minimum Gasteiger partial charge on any atom is -0.467 e. The van der Waals surface area contributed by atoms with E-state index in [1.807, 2.05) is 56.3 Å². The number of carbonyl (C=O) groups excluding carboxylic acids is 3. The Morgan fingerprint density at radius 3 is 2.61 bits per heavy atom. The molecular formula is C28H33BrN4O4S. The number of amides is 2. The molecule has 1 saturated carbocycles. The van der Waals surface area contributed by atoms with Crippen molar-refractivity contribution in [3.63, 3.8) is 0 Å². The molecular weight excluding hydrogens is 568 g/mol. The van der Waals surface area contributed by atoms with E-state index in [2.05, 4.69) is 26.6 Å². The minimum absolute atomic E-state index is 0.0395. The molecule has 0 radical (unpaired) electrons. The number of carbonyl (C=O) groups is 3. The van der Waals surface area contributed by atoms with Crippen molar-refractivity contribution in [1.82, 2.24) is 20.4 Å². The van der Waals surface area contributed by atoms with Gasteiger partial charge in [0.25, 0.3) is 5.91 Å². The predicted molar refractivity (Wildman–Crippen MR) is 151 cm³/mol. The van der Waals surface area contributed by atoms with Crippen molar-refractivity contribution >= 4 is 45.1 Å². The maximum atomic E-state index is 13.5. The number of hydrogen-bond acceptors (Lipinski definition) is 6. The summed E-state index contributed by atoms with van der Waals surface area (Å²) in [6.07, 6.45) is 5.32. The highest BCUT2D eigenvalue weighted by atomic mass is 79.9. The number of thiophene rings is 1. The van der Waals surface area contributed by atoms with Gasteiger partial charge in [-0.3, -0.25) is 9.59 Å². The summed E-state index contributed by atoms with van der Waals surface area (Å²) in [7, 11) is 1.33. The summed E-state index contributed by atoms with van der Waals surface area (Å²) in [6.45, 7) is 3.90. The molecule has 1 aliphatic rings. The van der Waals surface area contributed by atoms with Crippen LogP contribution in [0.4, 0.5) is 0 Å². The van der Waals surface area contributed by atoms with E-state index in [0.29, 0.717) is 24.1 Å². The molecule has 202 valence electrons. The Hall–Kier alpha value is -2.98. The van der Waals surface area contributed by atoms with Gasteiger partial charge in [0.15, 0.2) is 0 Å². The van der Waals surface area contributed by atoms with Crippen LogP contribution in [0, 0.1) is 11.8 Å². The van der Waals surface area contributed by atoms with Crippen molar-refractivity contribution < 1.29 is 19.1 Å². The molecule has 2 unspecified atom stereocenters. The lowest BCUT2D eigenvalue weighted by molar-refractivity contribution is -0.147. The lowest BCUT2D eigenvalue weighted by Gasteiger charge is -2.31. The maximum absolute atomic E-state index is 13.5. The zero-order valence-corrected chi connectivity index (χ0v) is 24.2. The Kier molecular flexibility index (Phi) is 9.38. The zero-order valence-electron chi connectivity index (χ0n) is 21.8. The van der Waals surface area contributed by atoms with Crippen LogP contribution >= 0.6 is 27.3 Å². The van der Waals surface area contributed by atoms with Crippen LogP contribution in [0.5, 0.6) is 0 Å². The first-order valence-electron chi connectivity index (χ1n) is 12.9. The first kappa shape index (κ1) is 28.0. The first-order chi connectivity index (χ1) is 18.3. The van der Waals surface area contributed by atoms with E-state index in [1.165, 1.54) is 18.4 Å². The van der Waals surface area contributed by atoms with Crippen molar-refractivity contribution in [1.29, 1.82) is 0 Å². The van der Waals surface area contributed by atoms with Crippen molar-refractivity contribution in [2.24, 2.45) is 11.8 Å². The minimum atomic E-state index is -0.677. The van der Waals surface area contributed by atoms with Crippen molar-refractivity contribution in [2.45, 2.75) is 58.0 Å². The fraction of sp³-hybridized carbons (Fsp3) is 0.429. The van der Waals surface area contributed by atoms with Crippen molar-refractivity contribution in [3.05, 3.63) is 58.0 Å². The van der Waals surface area contributed by atoms with Crippen molar-refractivity contribution in [3.8, 4) is 16.3 Å². The quantitative estimate of drug-likeness (QED) is 0.322. The lowest BCUT2D eigenvalue weighted by Crippen LogP contribution is -2.49. The van der Waals surface area contributed by atoms with Crippen LogP contribution in [0.3, 0.4) is 0 Å². The molecule has 3 aromatic rings. The molecule has 1 aromatic carbocycles. The van der Waals surface area contributed by atoms with Gasteiger partial charge >= 0.3 is 5.97 Å². The van der Waals surface area contributed by atoms with E-state index >= 15 is 0 Å². The molecule has 1 fully saturated rings. The molecule has 8 nitrogen and oxygen atoms in total. The highest BCUT2D eigenvalue weighted by molar-refractivity contribution is 9.11. The van der Waals surface area contributed by atoms with Gasteiger partial charge in [-0.1, -0.05) is 44.9 Å². The summed E-state index contributed by atoms with van der Waals surface area (Å²) < 4.78 is 7.58. The molecule has 10 heteroatoms. The smallest absolute Gasteiger partial charge is 0.328 e. The largest absolute Gasteiger partial charge is 0.467 e. The van der Waals surface area contributed by atoms with Crippen LogP contribution in [0.15, 0.2) is 52.4 Å². The van der Waals surface area contributed by atoms with E-state index in [9.17, 15) is 14.4 Å². The molecule has 0 aliphatic heterocycles. The van der Waals surface area contributed by atoms with E-state index in [1.54, 1.807) is 10.9 Å². The van der Waals surface area contributed by atoms with Gasteiger partial charge in [0.1, 0.15) is 11.7 Å². The number of nitrogens with one attached hydrogen (secondary N) is 2. The van der Waals surface area contributed by atoms with Crippen LogP contribution in [-0.4, -0.2) is 46.8 Å². The number of methoxy groups -OCH3 is 1. The second-order valence-electron chi connectivity index (χ2n) is 9.70. The van der Waals surface area contributed by atoms with E-state index < -0.39 is 12.0 Å². The lowest BCUT2D eigenvalue weighted by atomic mass is 9.84. The number of benzene rings is 1. The van der Waals surface area contributed by atoms with E-state index in [4.69, 9.17) is 9.84 Å². The van der Waals surface area contributed by atoms with Gasteiger partial charge in [-0.05, 0) is 65.4 Å². The third-order valence-electron chi connectivity index (χ3n) is 7.13. The third kappa shape index (κ3) is 6.53. The van der Waals surface area contributed by atoms with Gasteiger partial charge in [-0.25, -0.2) is 9.48 Å². The van der Waals surface area contributed by atoms with Gasteiger partial charge in [-0.2, -0.15) is 5.10 Å². The Balaban J connectivity index is 1.49. The number of nitrogens with zero attached hydrogens (tertiary/aromatic N) is 2. The Labute approximate surface area is 235 Å². The number of esters is 1. The van der Waals surface area contributed by atoms with Gasteiger partial charge in [0.05, 0.1) is 27.0 Å². The number of aromatic nitrogens is 2. The van der Waals surface area contributed by atoms with Gasteiger partial charge in [-0.15, -0.1) is 11.3 Å². The predicted octanol–water partition coefficient (Wildman–Crippen LogP) is 5.36.